The fourth-order valence-corrected chi connectivity index (χ4v) is 3.25. The second-order valence-electron chi connectivity index (χ2n) is 6.42. The molecule has 1 nitrogen and oxygen atoms in total. The fraction of sp³-hybridized carbons (Fsp3) is 0.647. The van der Waals surface area contributed by atoms with Gasteiger partial charge in [0.25, 0.3) is 0 Å². The van der Waals surface area contributed by atoms with Gasteiger partial charge in [-0.25, -0.2) is 4.39 Å². The van der Waals surface area contributed by atoms with E-state index in [0.29, 0.717) is 11.8 Å². The maximum Gasteiger partial charge on any atom is 0.123 e. The summed E-state index contributed by atoms with van der Waals surface area (Å²) < 4.78 is 13.3. The average molecular weight is 264 g/mol. The third-order valence-corrected chi connectivity index (χ3v) is 4.72. The van der Waals surface area contributed by atoms with Crippen LogP contribution in [-0.4, -0.2) is 11.2 Å². The Balaban J connectivity index is 2.09. The zero-order chi connectivity index (χ0) is 14.0. The maximum atomic E-state index is 13.3. The minimum absolute atomic E-state index is 0.175. The van der Waals surface area contributed by atoms with Gasteiger partial charge in [0.2, 0.25) is 0 Å². The molecule has 1 aromatic rings. The summed E-state index contributed by atoms with van der Waals surface area (Å²) in [7, 11) is 0. The Morgan fingerprint density at radius 2 is 2.05 bits per heavy atom. The predicted molar refractivity (Wildman–Crippen MR) is 76.5 cm³/mol. The van der Waals surface area contributed by atoms with Gasteiger partial charge in [-0.15, -0.1) is 0 Å². The molecule has 1 aromatic carbocycles. The number of rotatable bonds is 3. The van der Waals surface area contributed by atoms with Gasteiger partial charge in [0.15, 0.2) is 0 Å². The number of aryl methyl sites for hydroxylation is 1. The van der Waals surface area contributed by atoms with E-state index in [1.165, 1.54) is 6.07 Å². The second kappa shape index (κ2) is 6.04. The molecule has 2 heteroatoms. The average Bonchev–Trinajstić information content (AvgIpc) is 2.36. The highest BCUT2D eigenvalue weighted by Gasteiger charge is 2.30. The number of hydrogen-bond donors (Lipinski definition) is 1. The SMILES string of the molecule is Cc1ccc(F)cc1CC1CC(C(C)C)CCC1O. The van der Waals surface area contributed by atoms with Crippen LogP contribution in [0.1, 0.15) is 44.2 Å². The summed E-state index contributed by atoms with van der Waals surface area (Å²) in [5, 5.41) is 10.2. The van der Waals surface area contributed by atoms with E-state index in [1.807, 2.05) is 13.0 Å². The zero-order valence-corrected chi connectivity index (χ0v) is 12.2. The molecule has 0 aromatic heterocycles. The number of halogens is 1. The highest BCUT2D eigenvalue weighted by molar-refractivity contribution is 5.27. The van der Waals surface area contributed by atoms with Gasteiger partial charge in [0.05, 0.1) is 6.10 Å². The van der Waals surface area contributed by atoms with Crippen LogP contribution in [0.5, 0.6) is 0 Å². The van der Waals surface area contributed by atoms with Crippen molar-refractivity contribution in [2.24, 2.45) is 17.8 Å². The van der Waals surface area contributed by atoms with Crippen LogP contribution < -0.4 is 0 Å². The van der Waals surface area contributed by atoms with Crippen molar-refractivity contribution in [1.29, 1.82) is 0 Å². The molecule has 0 radical (unpaired) electrons. The minimum atomic E-state index is -0.224. The molecule has 19 heavy (non-hydrogen) atoms. The Labute approximate surface area is 115 Å². The van der Waals surface area contributed by atoms with Crippen molar-refractivity contribution in [3.05, 3.63) is 35.1 Å². The van der Waals surface area contributed by atoms with Crippen molar-refractivity contribution < 1.29 is 9.50 Å². The maximum absolute atomic E-state index is 13.3. The first-order chi connectivity index (χ1) is 8.97. The Morgan fingerprint density at radius 1 is 1.32 bits per heavy atom. The van der Waals surface area contributed by atoms with Gasteiger partial charge in [-0.2, -0.15) is 0 Å². The van der Waals surface area contributed by atoms with E-state index in [1.54, 1.807) is 6.07 Å². The normalized spacial score (nSPS) is 27.8. The Hall–Kier alpha value is -0.890. The second-order valence-corrected chi connectivity index (χ2v) is 6.42. The lowest BCUT2D eigenvalue weighted by atomic mass is 9.72. The van der Waals surface area contributed by atoms with E-state index in [-0.39, 0.29) is 17.8 Å². The number of hydrogen-bond acceptors (Lipinski definition) is 1. The Morgan fingerprint density at radius 3 is 2.74 bits per heavy atom. The number of aliphatic hydroxyl groups is 1. The van der Waals surface area contributed by atoms with E-state index in [0.717, 1.165) is 36.8 Å². The molecule has 0 bridgehead atoms. The van der Waals surface area contributed by atoms with Crippen molar-refractivity contribution in [3.8, 4) is 0 Å². The molecule has 0 saturated heterocycles. The topological polar surface area (TPSA) is 20.2 Å². The van der Waals surface area contributed by atoms with E-state index in [9.17, 15) is 9.50 Å². The highest BCUT2D eigenvalue weighted by Crippen LogP contribution is 2.36. The van der Waals surface area contributed by atoms with Crippen molar-refractivity contribution in [3.63, 3.8) is 0 Å². The molecular formula is C17H25FO. The van der Waals surface area contributed by atoms with Crippen LogP contribution in [0.3, 0.4) is 0 Å². The minimum Gasteiger partial charge on any atom is -0.393 e. The molecule has 1 fully saturated rings. The molecule has 0 heterocycles. The Bertz CT molecular complexity index is 427. The third-order valence-electron chi connectivity index (χ3n) is 4.72. The molecule has 1 saturated carbocycles. The number of benzene rings is 1. The predicted octanol–water partition coefficient (Wildman–Crippen LogP) is 4.11. The van der Waals surface area contributed by atoms with Gasteiger partial charge < -0.3 is 5.11 Å². The van der Waals surface area contributed by atoms with Crippen molar-refractivity contribution >= 4 is 0 Å². The van der Waals surface area contributed by atoms with Gasteiger partial charge >= 0.3 is 0 Å². The molecule has 0 amide bonds. The van der Waals surface area contributed by atoms with Crippen LogP contribution in [0.15, 0.2) is 18.2 Å². The molecule has 1 N–H and O–H groups in total. The van der Waals surface area contributed by atoms with Crippen molar-refractivity contribution in [2.75, 3.05) is 0 Å². The van der Waals surface area contributed by atoms with Gasteiger partial charge in [-0.3, -0.25) is 0 Å². The molecule has 3 atom stereocenters. The summed E-state index contributed by atoms with van der Waals surface area (Å²) in [6.45, 7) is 6.53. The quantitative estimate of drug-likeness (QED) is 0.871. The van der Waals surface area contributed by atoms with Gasteiger partial charge in [-0.05, 0) is 73.6 Å². The van der Waals surface area contributed by atoms with Crippen LogP contribution in [0.25, 0.3) is 0 Å². The van der Waals surface area contributed by atoms with Crippen molar-refractivity contribution in [1.82, 2.24) is 0 Å². The van der Waals surface area contributed by atoms with Crippen LogP contribution in [-0.2, 0) is 6.42 Å². The molecule has 2 rings (SSSR count). The van der Waals surface area contributed by atoms with E-state index in [4.69, 9.17) is 0 Å². The largest absolute Gasteiger partial charge is 0.393 e. The molecule has 1 aliphatic rings. The van der Waals surface area contributed by atoms with Gasteiger partial charge in [0.1, 0.15) is 5.82 Å². The molecule has 1 aliphatic carbocycles. The lowest BCUT2D eigenvalue weighted by molar-refractivity contribution is 0.0378. The molecule has 106 valence electrons. The molecular weight excluding hydrogens is 239 g/mol. The summed E-state index contributed by atoms with van der Waals surface area (Å²) in [5.41, 5.74) is 2.17. The first-order valence-electron chi connectivity index (χ1n) is 7.40. The summed E-state index contributed by atoms with van der Waals surface area (Å²) in [5.74, 6) is 1.47. The highest BCUT2D eigenvalue weighted by atomic mass is 19.1. The van der Waals surface area contributed by atoms with E-state index in [2.05, 4.69) is 13.8 Å². The molecule has 0 spiro atoms. The van der Waals surface area contributed by atoms with Crippen LogP contribution in [0.2, 0.25) is 0 Å². The smallest absolute Gasteiger partial charge is 0.123 e. The summed E-state index contributed by atoms with van der Waals surface area (Å²) in [6.07, 6.45) is 3.65. The third kappa shape index (κ3) is 3.56. The zero-order valence-electron chi connectivity index (χ0n) is 12.2. The molecule has 0 aliphatic heterocycles. The number of aliphatic hydroxyl groups excluding tert-OH is 1. The first kappa shape index (κ1) is 14.5. The van der Waals surface area contributed by atoms with Crippen LogP contribution >= 0.6 is 0 Å². The summed E-state index contributed by atoms with van der Waals surface area (Å²) in [6, 6.07) is 4.97. The Kier molecular flexibility index (Phi) is 4.62. The fourth-order valence-electron chi connectivity index (χ4n) is 3.25. The standard InChI is InChI=1S/C17H25FO/c1-11(2)13-5-7-17(19)15(8-13)9-14-10-16(18)6-4-12(14)3/h4,6,10-11,13,15,17,19H,5,7-9H2,1-3H3. The van der Waals surface area contributed by atoms with E-state index < -0.39 is 0 Å². The lowest BCUT2D eigenvalue weighted by Gasteiger charge is -2.35. The van der Waals surface area contributed by atoms with Gasteiger partial charge in [-0.1, -0.05) is 19.9 Å². The van der Waals surface area contributed by atoms with Crippen molar-refractivity contribution in [2.45, 2.75) is 52.6 Å². The van der Waals surface area contributed by atoms with Gasteiger partial charge in [0, 0.05) is 0 Å². The van der Waals surface area contributed by atoms with E-state index >= 15 is 0 Å². The lowest BCUT2D eigenvalue weighted by Crippen LogP contribution is -2.32. The monoisotopic (exact) mass is 264 g/mol. The summed E-state index contributed by atoms with van der Waals surface area (Å²) >= 11 is 0. The molecule has 3 unspecified atom stereocenters. The van der Waals surface area contributed by atoms with Crippen LogP contribution in [0, 0.1) is 30.5 Å². The first-order valence-corrected chi connectivity index (χ1v) is 7.40. The summed E-state index contributed by atoms with van der Waals surface area (Å²) in [4.78, 5) is 0. The van der Waals surface area contributed by atoms with Crippen LogP contribution in [0.4, 0.5) is 4.39 Å².